The molecular weight excluding hydrogens is 514 g/mol. The minimum absolute atomic E-state index is 0.0126. The Morgan fingerprint density at radius 3 is 2.53 bits per heavy atom. The van der Waals surface area contributed by atoms with Gasteiger partial charge in [0, 0.05) is 16.1 Å². The molecule has 0 aliphatic heterocycles. The lowest BCUT2D eigenvalue weighted by Crippen LogP contribution is -2.22. The highest BCUT2D eigenvalue weighted by molar-refractivity contribution is 7.89. The molecule has 1 heterocycles. The van der Waals surface area contributed by atoms with Crippen molar-refractivity contribution in [2.45, 2.75) is 11.8 Å². The van der Waals surface area contributed by atoms with Crippen LogP contribution in [0.1, 0.15) is 6.92 Å². The highest BCUT2D eigenvalue weighted by Gasteiger charge is 2.19. The molecule has 0 radical (unpaired) electrons. The molecule has 166 valence electrons. The molecule has 10 heteroatoms. The van der Waals surface area contributed by atoms with Crippen LogP contribution in [-0.4, -0.2) is 13.4 Å². The number of benzene rings is 2. The summed E-state index contributed by atoms with van der Waals surface area (Å²) in [7, 11) is -3.98. The molecule has 0 saturated heterocycles. The first-order chi connectivity index (χ1) is 15.1. The Morgan fingerprint density at radius 1 is 1.12 bits per heavy atom. The normalized spacial score (nSPS) is 13.0. The van der Waals surface area contributed by atoms with E-state index in [-0.39, 0.29) is 31.4 Å². The SMILES string of the molecule is C=C(Cl)/C(Oc1cnc2ccccc2c1)=C(Cl)\C=C(/C)NS(=O)(=O)c1ccc(Cl)cc1Cl. The number of sulfonamides is 1. The molecule has 2 aromatic carbocycles. The smallest absolute Gasteiger partial charge is 0.263 e. The van der Waals surface area contributed by atoms with Crippen LogP contribution in [0.25, 0.3) is 10.9 Å². The molecule has 1 aromatic heterocycles. The number of nitrogens with one attached hydrogen (secondary N) is 1. The fraction of sp³-hybridized carbons (Fsp3) is 0.0455. The third-order valence-corrected chi connectivity index (χ3v) is 6.71. The van der Waals surface area contributed by atoms with E-state index in [2.05, 4.69) is 16.3 Å². The summed E-state index contributed by atoms with van der Waals surface area (Å²) in [4.78, 5) is 4.19. The van der Waals surface area contributed by atoms with Gasteiger partial charge in [-0.25, -0.2) is 8.42 Å². The van der Waals surface area contributed by atoms with Crippen LogP contribution < -0.4 is 9.46 Å². The number of allylic oxidation sites excluding steroid dienone is 4. The number of para-hydroxylation sites is 1. The first-order valence-corrected chi connectivity index (χ1v) is 12.0. The van der Waals surface area contributed by atoms with Gasteiger partial charge in [-0.3, -0.25) is 9.71 Å². The zero-order valence-corrected chi connectivity index (χ0v) is 20.4. The van der Waals surface area contributed by atoms with Crippen LogP contribution in [0, 0.1) is 0 Å². The number of hydrogen-bond acceptors (Lipinski definition) is 4. The summed E-state index contributed by atoms with van der Waals surface area (Å²) in [6, 6.07) is 13.4. The third-order valence-electron chi connectivity index (χ3n) is 4.07. The van der Waals surface area contributed by atoms with E-state index in [0.29, 0.717) is 10.8 Å². The fourth-order valence-electron chi connectivity index (χ4n) is 2.70. The summed E-state index contributed by atoms with van der Waals surface area (Å²) >= 11 is 24.3. The summed E-state index contributed by atoms with van der Waals surface area (Å²) < 4.78 is 33.5. The highest BCUT2D eigenvalue weighted by Crippen LogP contribution is 2.28. The predicted molar refractivity (Wildman–Crippen MR) is 131 cm³/mol. The van der Waals surface area contributed by atoms with Gasteiger partial charge in [0.25, 0.3) is 10.0 Å². The highest BCUT2D eigenvalue weighted by atomic mass is 35.5. The van der Waals surface area contributed by atoms with Crippen LogP contribution in [-0.2, 0) is 10.0 Å². The van der Waals surface area contributed by atoms with Crippen molar-refractivity contribution in [1.29, 1.82) is 0 Å². The maximum Gasteiger partial charge on any atom is 0.263 e. The maximum absolute atomic E-state index is 12.7. The number of nitrogens with zero attached hydrogens (tertiary/aromatic N) is 1. The van der Waals surface area contributed by atoms with Gasteiger partial charge in [-0.05, 0) is 43.3 Å². The Balaban J connectivity index is 1.88. The van der Waals surface area contributed by atoms with Crippen molar-refractivity contribution in [3.63, 3.8) is 0 Å². The predicted octanol–water partition coefficient (Wildman–Crippen LogP) is 7.01. The van der Waals surface area contributed by atoms with E-state index in [0.717, 1.165) is 10.9 Å². The Morgan fingerprint density at radius 2 is 1.84 bits per heavy atom. The minimum atomic E-state index is -3.98. The van der Waals surface area contributed by atoms with E-state index in [1.165, 1.54) is 37.4 Å². The molecule has 1 N–H and O–H groups in total. The van der Waals surface area contributed by atoms with Crippen molar-refractivity contribution in [2.24, 2.45) is 0 Å². The van der Waals surface area contributed by atoms with Gasteiger partial charge in [-0.15, -0.1) is 0 Å². The van der Waals surface area contributed by atoms with Gasteiger partial charge in [0.05, 0.1) is 26.8 Å². The summed E-state index contributed by atoms with van der Waals surface area (Å²) in [6.45, 7) is 5.17. The molecule has 3 aromatic rings. The van der Waals surface area contributed by atoms with E-state index >= 15 is 0 Å². The number of fused-ring (bicyclic) bond motifs is 1. The molecule has 0 bridgehead atoms. The van der Waals surface area contributed by atoms with Gasteiger partial charge in [0.2, 0.25) is 0 Å². The van der Waals surface area contributed by atoms with Crippen molar-refractivity contribution in [3.8, 4) is 5.75 Å². The Hall–Kier alpha value is -2.22. The monoisotopic (exact) mass is 528 g/mol. The molecule has 0 aliphatic carbocycles. The second kappa shape index (κ2) is 10.1. The maximum atomic E-state index is 12.7. The molecule has 3 rings (SSSR count). The van der Waals surface area contributed by atoms with Gasteiger partial charge >= 0.3 is 0 Å². The first kappa shape index (κ1) is 24.4. The summed E-state index contributed by atoms with van der Waals surface area (Å²) in [5.74, 6) is 0.437. The number of hydrogen-bond donors (Lipinski definition) is 1. The van der Waals surface area contributed by atoms with E-state index in [1.54, 1.807) is 6.07 Å². The Kier molecular flexibility index (Phi) is 7.75. The van der Waals surface area contributed by atoms with Crippen molar-refractivity contribution in [3.05, 3.63) is 98.9 Å². The zero-order chi connectivity index (χ0) is 23.5. The summed E-state index contributed by atoms with van der Waals surface area (Å²) in [5, 5.41) is 1.22. The van der Waals surface area contributed by atoms with Crippen molar-refractivity contribution in [1.82, 2.24) is 9.71 Å². The van der Waals surface area contributed by atoms with E-state index in [1.807, 2.05) is 24.3 Å². The van der Waals surface area contributed by atoms with Gasteiger partial charge in [0.15, 0.2) is 5.76 Å². The van der Waals surface area contributed by atoms with Crippen LogP contribution in [0.2, 0.25) is 10.0 Å². The first-order valence-electron chi connectivity index (χ1n) is 9.00. The van der Waals surface area contributed by atoms with Crippen LogP contribution in [0.3, 0.4) is 0 Å². The molecule has 0 amide bonds. The van der Waals surface area contributed by atoms with Crippen molar-refractivity contribution in [2.75, 3.05) is 0 Å². The Labute approximate surface area is 206 Å². The molecule has 0 aliphatic rings. The van der Waals surface area contributed by atoms with Crippen LogP contribution in [0.5, 0.6) is 5.75 Å². The molecular formula is C22H16Cl4N2O3S. The lowest BCUT2D eigenvalue weighted by atomic mass is 10.2. The molecule has 5 nitrogen and oxygen atoms in total. The number of rotatable bonds is 7. The van der Waals surface area contributed by atoms with Crippen molar-refractivity contribution >= 4 is 67.3 Å². The van der Waals surface area contributed by atoms with Crippen molar-refractivity contribution < 1.29 is 13.2 Å². The lowest BCUT2D eigenvalue weighted by Gasteiger charge is -2.12. The van der Waals surface area contributed by atoms with Gasteiger partial charge in [0.1, 0.15) is 10.6 Å². The van der Waals surface area contributed by atoms with E-state index < -0.39 is 10.0 Å². The third kappa shape index (κ3) is 5.97. The molecule has 0 spiro atoms. The molecule has 0 saturated carbocycles. The van der Waals surface area contributed by atoms with Crippen LogP contribution in [0.15, 0.2) is 93.8 Å². The standard InChI is InChI=1S/C22H16Cl4N2O3S/c1-13(28-32(29,30)21-8-7-16(24)11-18(21)25)9-19(26)22(14(2)23)31-17-10-15-5-3-4-6-20(15)27-12-17/h3-12,28H,2H2,1H3/b13-9+,22-19-. The van der Waals surface area contributed by atoms with Crippen LogP contribution >= 0.6 is 46.4 Å². The number of pyridine rings is 1. The van der Waals surface area contributed by atoms with Crippen LogP contribution in [0.4, 0.5) is 0 Å². The average Bonchev–Trinajstić information content (AvgIpc) is 2.70. The van der Waals surface area contributed by atoms with E-state index in [4.69, 9.17) is 51.1 Å². The average molecular weight is 530 g/mol. The molecule has 0 fully saturated rings. The quantitative estimate of drug-likeness (QED) is 0.264. The zero-order valence-electron chi connectivity index (χ0n) is 16.6. The summed E-state index contributed by atoms with van der Waals surface area (Å²) in [5.41, 5.74) is 0.990. The molecule has 0 atom stereocenters. The van der Waals surface area contributed by atoms with E-state index in [9.17, 15) is 8.42 Å². The van der Waals surface area contributed by atoms with Gasteiger partial charge in [-0.2, -0.15) is 0 Å². The minimum Gasteiger partial charge on any atom is -0.453 e. The van der Waals surface area contributed by atoms with Gasteiger partial charge < -0.3 is 4.74 Å². The number of ether oxygens (including phenoxy) is 1. The fourth-order valence-corrected chi connectivity index (χ4v) is 5.08. The summed E-state index contributed by atoms with van der Waals surface area (Å²) in [6.07, 6.45) is 2.87. The molecule has 32 heavy (non-hydrogen) atoms. The lowest BCUT2D eigenvalue weighted by molar-refractivity contribution is 0.439. The Bertz CT molecular complexity index is 1370. The second-order valence-electron chi connectivity index (χ2n) is 6.56. The van der Waals surface area contributed by atoms with Gasteiger partial charge in [-0.1, -0.05) is 71.2 Å². The number of aromatic nitrogens is 1. The second-order valence-corrected chi connectivity index (χ2v) is 9.91. The topological polar surface area (TPSA) is 68.3 Å². The number of halogens is 4. The largest absolute Gasteiger partial charge is 0.453 e. The molecule has 0 unspecified atom stereocenters.